The molecule has 0 bridgehead atoms. The SMILES string of the molecule is CC(=O)O[C@H]1CC2[C@](C)(CC[C@H](O[Si](F)(C(C)(C)C)C(C)(C)C)[C@@]2(C)CO)C2C(O)c3c(cc(-c4cccnc4)oc3=O)O[C@@]21C. The molecule has 0 saturated heterocycles. The lowest BCUT2D eigenvalue weighted by Crippen LogP contribution is -2.72. The van der Waals surface area contributed by atoms with Gasteiger partial charge < -0.3 is 28.5 Å². The fraction of sp³-hybridized carbons (Fsp3) is 0.686. The number of aliphatic hydroxyl groups is 2. The molecule has 2 aromatic heterocycles. The van der Waals surface area contributed by atoms with Crippen LogP contribution in [0.3, 0.4) is 0 Å². The van der Waals surface area contributed by atoms with Crippen LogP contribution in [0.5, 0.6) is 5.75 Å². The monoisotopic (exact) mass is 659 g/mol. The smallest absolute Gasteiger partial charge is 0.394 e. The highest BCUT2D eigenvalue weighted by Gasteiger charge is 2.71. The van der Waals surface area contributed by atoms with Crippen LogP contribution in [-0.4, -0.2) is 54.2 Å². The second-order valence-corrected chi connectivity index (χ2v) is 20.8. The number of carbonyl (C=O) groups is 1. The summed E-state index contributed by atoms with van der Waals surface area (Å²) in [5.74, 6) is -1.27. The zero-order chi connectivity index (χ0) is 34.3. The minimum atomic E-state index is -3.95. The second-order valence-electron chi connectivity index (χ2n) is 16.4. The number of fused-ring (bicyclic) bond motifs is 4. The van der Waals surface area contributed by atoms with Gasteiger partial charge in [-0.2, -0.15) is 0 Å². The number of halogens is 1. The Balaban J connectivity index is 1.63. The van der Waals surface area contributed by atoms with Gasteiger partial charge in [-0.25, -0.2) is 4.79 Å². The van der Waals surface area contributed by atoms with Gasteiger partial charge in [0.25, 0.3) is 0 Å². The van der Waals surface area contributed by atoms with Crippen molar-refractivity contribution in [2.45, 2.75) is 122 Å². The highest BCUT2D eigenvalue weighted by atomic mass is 28.4. The Morgan fingerprint density at radius 2 is 1.80 bits per heavy atom. The van der Waals surface area contributed by atoms with Crippen LogP contribution < -0.4 is 10.4 Å². The summed E-state index contributed by atoms with van der Waals surface area (Å²) < 4.78 is 42.3. The molecule has 46 heavy (non-hydrogen) atoms. The van der Waals surface area contributed by atoms with E-state index in [2.05, 4.69) is 4.98 Å². The van der Waals surface area contributed by atoms with Crippen LogP contribution >= 0.6 is 0 Å². The van der Waals surface area contributed by atoms with E-state index in [1.165, 1.54) is 6.92 Å². The molecule has 254 valence electrons. The molecule has 5 rings (SSSR count). The van der Waals surface area contributed by atoms with Gasteiger partial charge in [-0.1, -0.05) is 55.4 Å². The van der Waals surface area contributed by atoms with E-state index in [4.69, 9.17) is 18.3 Å². The van der Waals surface area contributed by atoms with E-state index in [-0.39, 0.29) is 30.1 Å². The molecule has 0 spiro atoms. The normalized spacial score (nSPS) is 34.5. The molecule has 2 aromatic rings. The van der Waals surface area contributed by atoms with Gasteiger partial charge in [-0.3, -0.25) is 13.9 Å². The number of hydrogen-bond acceptors (Lipinski definition) is 9. The maximum atomic E-state index is 17.3. The quantitative estimate of drug-likeness (QED) is 0.206. The first-order valence-electron chi connectivity index (χ1n) is 16.2. The number of aliphatic hydroxyl groups excluding tert-OH is 2. The first-order valence-corrected chi connectivity index (χ1v) is 18.0. The van der Waals surface area contributed by atoms with Gasteiger partial charge in [-0.15, -0.1) is 0 Å². The molecule has 3 heterocycles. The average molecular weight is 660 g/mol. The maximum absolute atomic E-state index is 17.3. The third kappa shape index (κ3) is 5.16. The Hall–Kier alpha value is -2.60. The molecule has 2 aliphatic carbocycles. The van der Waals surface area contributed by atoms with Crippen LogP contribution in [-0.2, 0) is 14.0 Å². The Bertz CT molecular complexity index is 1520. The van der Waals surface area contributed by atoms with E-state index in [0.29, 0.717) is 18.4 Å². The third-order valence-corrected chi connectivity index (χ3v) is 15.9. The Labute approximate surface area is 272 Å². The molecule has 0 radical (unpaired) electrons. The predicted octanol–water partition coefficient (Wildman–Crippen LogP) is 6.65. The van der Waals surface area contributed by atoms with Crippen molar-refractivity contribution >= 4 is 14.6 Å². The van der Waals surface area contributed by atoms with E-state index in [1.807, 2.05) is 62.3 Å². The molecule has 9 nitrogen and oxygen atoms in total. The van der Waals surface area contributed by atoms with E-state index in [1.54, 1.807) is 30.6 Å². The summed E-state index contributed by atoms with van der Waals surface area (Å²) in [7, 11) is -3.95. The summed E-state index contributed by atoms with van der Waals surface area (Å²) in [5.41, 5.74) is -3.12. The van der Waals surface area contributed by atoms with E-state index >= 15 is 4.11 Å². The molecule has 0 amide bonds. The molecule has 1 aliphatic heterocycles. The Morgan fingerprint density at radius 3 is 2.35 bits per heavy atom. The summed E-state index contributed by atoms with van der Waals surface area (Å²) in [6.07, 6.45) is 1.56. The number of esters is 1. The van der Waals surface area contributed by atoms with Crippen molar-refractivity contribution < 1.29 is 37.4 Å². The summed E-state index contributed by atoms with van der Waals surface area (Å²) in [6.45, 7) is 18.0. The topological polar surface area (TPSA) is 128 Å². The number of aromatic nitrogens is 1. The minimum Gasteiger partial charge on any atom is -0.482 e. The number of pyridine rings is 1. The minimum absolute atomic E-state index is 0.00159. The largest absolute Gasteiger partial charge is 0.482 e. The highest BCUT2D eigenvalue weighted by molar-refractivity contribution is 6.72. The molecule has 3 aliphatic rings. The zero-order valence-corrected chi connectivity index (χ0v) is 29.8. The lowest BCUT2D eigenvalue weighted by Gasteiger charge is -2.67. The van der Waals surface area contributed by atoms with Crippen LogP contribution in [0.4, 0.5) is 4.11 Å². The average Bonchev–Trinajstić information content (AvgIpc) is 2.94. The fourth-order valence-corrected chi connectivity index (χ4v) is 13.0. The standard InChI is InChI=1S/C35H50FNO8Si/c1-20(39)42-26-17-24-33(8,14-13-25(34(24,9)19-38)45-46(36,31(2,3)4)32(5,6)7)29-28(40)27-23(44-35(26,29)10)16-22(43-30(27)41)21-12-11-15-37-18-21/h11-12,15-16,18,24-26,28-29,38,40H,13-14,17,19H2,1-10H3/t24?,25-,26-,28?,29?,33-,34-,35+/m0/s1. The second kappa shape index (κ2) is 11.2. The first kappa shape index (κ1) is 34.7. The van der Waals surface area contributed by atoms with Gasteiger partial charge in [-0.05, 0) is 49.7 Å². The lowest BCUT2D eigenvalue weighted by molar-refractivity contribution is -0.267. The molecule has 3 unspecified atom stereocenters. The van der Waals surface area contributed by atoms with Crippen LogP contribution in [0.25, 0.3) is 11.3 Å². The van der Waals surface area contributed by atoms with Crippen LogP contribution in [0.15, 0.2) is 39.8 Å². The third-order valence-electron chi connectivity index (χ3n) is 11.4. The number of nitrogens with zero attached hydrogens (tertiary/aromatic N) is 1. The summed E-state index contributed by atoms with van der Waals surface area (Å²) in [6, 6.07) is 5.04. The molecule has 8 atom stereocenters. The Morgan fingerprint density at radius 1 is 1.15 bits per heavy atom. The van der Waals surface area contributed by atoms with Gasteiger partial charge in [0.15, 0.2) is 0 Å². The van der Waals surface area contributed by atoms with Crippen molar-refractivity contribution in [2.75, 3.05) is 6.61 Å². The predicted molar refractivity (Wildman–Crippen MR) is 173 cm³/mol. The molecular formula is C35H50FNO8Si. The van der Waals surface area contributed by atoms with E-state index in [0.717, 1.165) is 0 Å². The van der Waals surface area contributed by atoms with Gasteiger partial charge in [0.05, 0.1) is 18.8 Å². The van der Waals surface area contributed by atoms with Crippen molar-refractivity contribution in [2.24, 2.45) is 22.7 Å². The van der Waals surface area contributed by atoms with Crippen LogP contribution in [0, 0.1) is 22.7 Å². The molecule has 11 heteroatoms. The van der Waals surface area contributed by atoms with Crippen LogP contribution in [0.1, 0.15) is 100 Å². The number of ether oxygens (including phenoxy) is 2. The van der Waals surface area contributed by atoms with Crippen molar-refractivity contribution in [1.29, 1.82) is 0 Å². The van der Waals surface area contributed by atoms with Gasteiger partial charge in [0.2, 0.25) is 0 Å². The summed E-state index contributed by atoms with van der Waals surface area (Å²) in [4.78, 5) is 30.2. The zero-order valence-electron chi connectivity index (χ0n) is 28.8. The molecule has 2 saturated carbocycles. The highest BCUT2D eigenvalue weighted by Crippen LogP contribution is 2.68. The summed E-state index contributed by atoms with van der Waals surface area (Å²) >= 11 is 0. The van der Waals surface area contributed by atoms with Gasteiger partial charge in [0, 0.05) is 52.4 Å². The van der Waals surface area contributed by atoms with Crippen molar-refractivity contribution in [1.82, 2.24) is 4.98 Å². The summed E-state index contributed by atoms with van der Waals surface area (Å²) in [5, 5.41) is 21.9. The van der Waals surface area contributed by atoms with Crippen LogP contribution in [0.2, 0.25) is 10.1 Å². The maximum Gasteiger partial charge on any atom is 0.394 e. The van der Waals surface area contributed by atoms with Crippen molar-refractivity contribution in [3.63, 3.8) is 0 Å². The molecule has 2 N–H and O–H groups in total. The molecule has 0 aromatic carbocycles. The lowest BCUT2D eigenvalue weighted by atomic mass is 9.42. The van der Waals surface area contributed by atoms with Gasteiger partial charge >= 0.3 is 20.2 Å². The fourth-order valence-electron chi connectivity index (χ4n) is 9.27. The Kier molecular flexibility index (Phi) is 8.49. The van der Waals surface area contributed by atoms with Gasteiger partial charge in [0.1, 0.15) is 28.8 Å². The van der Waals surface area contributed by atoms with Crippen molar-refractivity contribution in [3.8, 4) is 17.1 Å². The van der Waals surface area contributed by atoms with E-state index < -0.39 is 76.9 Å². The van der Waals surface area contributed by atoms with Crippen molar-refractivity contribution in [3.05, 3.63) is 46.6 Å². The first-order chi connectivity index (χ1) is 21.1. The molecule has 2 fully saturated rings. The molecular weight excluding hydrogens is 609 g/mol. The number of rotatable bonds is 5. The number of hydrogen-bond donors (Lipinski definition) is 2. The van der Waals surface area contributed by atoms with E-state index in [9.17, 15) is 19.8 Å². The number of carbonyl (C=O) groups excluding carboxylic acids is 1.